The van der Waals surface area contributed by atoms with Crippen LogP contribution in [0.15, 0.2) is 12.1 Å². The summed E-state index contributed by atoms with van der Waals surface area (Å²) in [7, 11) is -2.21. The van der Waals surface area contributed by atoms with Crippen LogP contribution in [0.5, 0.6) is 0 Å². The summed E-state index contributed by atoms with van der Waals surface area (Å²) in [5, 5.41) is 0. The molecule has 0 aromatic heterocycles. The van der Waals surface area contributed by atoms with E-state index in [1.54, 1.807) is 0 Å². The van der Waals surface area contributed by atoms with E-state index in [4.69, 9.17) is 0 Å². The van der Waals surface area contributed by atoms with Crippen LogP contribution in [-0.4, -0.2) is 25.5 Å². The molecule has 1 aromatic carbocycles. The Morgan fingerprint density at radius 3 is 2.20 bits per heavy atom. The SMILES string of the molecule is CO[Si](O)(O)CCCCCCc1cc(F)c(F)cc1F. The molecule has 0 spiro atoms. The van der Waals surface area contributed by atoms with E-state index in [0.717, 1.165) is 18.9 Å². The Labute approximate surface area is 117 Å². The Hall–Kier alpha value is -0.893. The van der Waals surface area contributed by atoms with Crippen LogP contribution in [0.3, 0.4) is 0 Å². The molecule has 0 radical (unpaired) electrons. The van der Waals surface area contributed by atoms with Gasteiger partial charge in [-0.05, 0) is 30.9 Å². The second-order valence-electron chi connectivity index (χ2n) is 4.72. The van der Waals surface area contributed by atoms with Crippen LogP contribution in [0, 0.1) is 17.5 Å². The molecular formula is C13H19F3O3Si. The fourth-order valence-corrected chi connectivity index (χ4v) is 2.80. The van der Waals surface area contributed by atoms with E-state index in [0.29, 0.717) is 25.3 Å². The van der Waals surface area contributed by atoms with Crippen molar-refractivity contribution in [3.63, 3.8) is 0 Å². The van der Waals surface area contributed by atoms with Gasteiger partial charge in [-0.25, -0.2) is 13.2 Å². The number of unbranched alkanes of at least 4 members (excludes halogenated alkanes) is 3. The molecule has 3 nitrogen and oxygen atoms in total. The van der Waals surface area contributed by atoms with Crippen LogP contribution in [-0.2, 0) is 10.8 Å². The molecule has 0 aliphatic carbocycles. The van der Waals surface area contributed by atoms with E-state index in [1.807, 2.05) is 0 Å². The van der Waals surface area contributed by atoms with E-state index < -0.39 is 26.3 Å². The molecule has 1 rings (SSSR count). The van der Waals surface area contributed by atoms with Crippen molar-refractivity contribution in [3.05, 3.63) is 35.1 Å². The normalized spacial score (nSPS) is 11.9. The highest BCUT2D eigenvalue weighted by molar-refractivity contribution is 6.57. The predicted molar refractivity (Wildman–Crippen MR) is 70.5 cm³/mol. The third kappa shape index (κ3) is 5.62. The maximum atomic E-state index is 13.3. The molecule has 0 saturated heterocycles. The van der Waals surface area contributed by atoms with Gasteiger partial charge in [0.15, 0.2) is 11.6 Å². The van der Waals surface area contributed by atoms with Gasteiger partial charge in [0, 0.05) is 19.2 Å². The summed E-state index contributed by atoms with van der Waals surface area (Å²) in [6.07, 6.45) is 3.04. The number of halogens is 3. The van der Waals surface area contributed by atoms with Gasteiger partial charge >= 0.3 is 8.80 Å². The Morgan fingerprint density at radius 1 is 0.950 bits per heavy atom. The molecule has 0 aliphatic rings. The zero-order chi connectivity index (χ0) is 15.2. The minimum absolute atomic E-state index is 0.161. The lowest BCUT2D eigenvalue weighted by Crippen LogP contribution is -2.37. The highest BCUT2D eigenvalue weighted by Gasteiger charge is 2.29. The predicted octanol–water partition coefficient (Wildman–Crippen LogP) is 2.78. The van der Waals surface area contributed by atoms with Gasteiger partial charge in [-0.3, -0.25) is 0 Å². The molecule has 0 unspecified atom stereocenters. The smallest absolute Gasteiger partial charge is 0.390 e. The summed E-state index contributed by atoms with van der Waals surface area (Å²) < 4.78 is 43.6. The van der Waals surface area contributed by atoms with Crippen molar-refractivity contribution in [3.8, 4) is 0 Å². The molecule has 2 N–H and O–H groups in total. The summed E-state index contributed by atoms with van der Waals surface area (Å²) in [4.78, 5) is 18.6. The maximum Gasteiger partial charge on any atom is 0.495 e. The minimum Gasteiger partial charge on any atom is -0.390 e. The van der Waals surface area contributed by atoms with Crippen LogP contribution in [0.4, 0.5) is 13.2 Å². The number of benzene rings is 1. The Kier molecular flexibility index (Phi) is 6.67. The van der Waals surface area contributed by atoms with E-state index >= 15 is 0 Å². The van der Waals surface area contributed by atoms with Gasteiger partial charge < -0.3 is 14.0 Å². The van der Waals surface area contributed by atoms with Crippen LogP contribution in [0.1, 0.15) is 31.2 Å². The van der Waals surface area contributed by atoms with Gasteiger partial charge in [-0.1, -0.05) is 12.8 Å². The van der Waals surface area contributed by atoms with E-state index in [1.165, 1.54) is 7.11 Å². The third-order valence-electron chi connectivity index (χ3n) is 3.11. The number of hydrogen-bond donors (Lipinski definition) is 2. The van der Waals surface area contributed by atoms with Crippen molar-refractivity contribution in [2.24, 2.45) is 0 Å². The van der Waals surface area contributed by atoms with E-state index in [2.05, 4.69) is 4.43 Å². The monoisotopic (exact) mass is 308 g/mol. The van der Waals surface area contributed by atoms with Crippen molar-refractivity contribution in [1.29, 1.82) is 0 Å². The maximum absolute atomic E-state index is 13.3. The number of hydrogen-bond acceptors (Lipinski definition) is 3. The van der Waals surface area contributed by atoms with Gasteiger partial charge in [-0.2, -0.15) is 0 Å². The summed E-state index contributed by atoms with van der Waals surface area (Å²) in [6.45, 7) is 0. The lowest BCUT2D eigenvalue weighted by atomic mass is 10.1. The van der Waals surface area contributed by atoms with Crippen LogP contribution >= 0.6 is 0 Å². The largest absolute Gasteiger partial charge is 0.495 e. The van der Waals surface area contributed by atoms with Crippen molar-refractivity contribution in [2.75, 3.05) is 7.11 Å². The summed E-state index contributed by atoms with van der Waals surface area (Å²) in [6, 6.07) is 1.67. The molecule has 0 fully saturated rings. The zero-order valence-corrected chi connectivity index (χ0v) is 12.3. The molecule has 7 heteroatoms. The molecular weight excluding hydrogens is 289 g/mol. The number of aryl methyl sites for hydroxylation is 1. The van der Waals surface area contributed by atoms with Gasteiger partial charge in [-0.15, -0.1) is 0 Å². The average Bonchev–Trinajstić information content (AvgIpc) is 2.39. The van der Waals surface area contributed by atoms with Gasteiger partial charge in [0.2, 0.25) is 0 Å². The van der Waals surface area contributed by atoms with E-state index in [9.17, 15) is 22.8 Å². The molecule has 0 heterocycles. The summed E-state index contributed by atoms with van der Waals surface area (Å²) >= 11 is 0. The van der Waals surface area contributed by atoms with Gasteiger partial charge in [0.25, 0.3) is 0 Å². The first kappa shape index (κ1) is 17.2. The molecule has 0 atom stereocenters. The van der Waals surface area contributed by atoms with Gasteiger partial charge in [0.05, 0.1) is 0 Å². The fourth-order valence-electron chi connectivity index (χ4n) is 1.88. The third-order valence-corrected chi connectivity index (χ3v) is 4.77. The average molecular weight is 308 g/mol. The summed E-state index contributed by atoms with van der Waals surface area (Å²) in [5.41, 5.74) is 0.161. The quantitative estimate of drug-likeness (QED) is 0.441. The van der Waals surface area contributed by atoms with Crippen LogP contribution in [0.2, 0.25) is 6.04 Å². The summed E-state index contributed by atoms with van der Waals surface area (Å²) in [5.74, 6) is -2.96. The van der Waals surface area contributed by atoms with Crippen LogP contribution in [0.25, 0.3) is 0 Å². The number of rotatable bonds is 8. The van der Waals surface area contributed by atoms with Crippen molar-refractivity contribution in [1.82, 2.24) is 0 Å². The second kappa shape index (κ2) is 7.77. The lowest BCUT2D eigenvalue weighted by Gasteiger charge is -2.13. The molecule has 20 heavy (non-hydrogen) atoms. The van der Waals surface area contributed by atoms with E-state index in [-0.39, 0.29) is 11.6 Å². The first-order chi connectivity index (χ1) is 9.35. The first-order valence-corrected chi connectivity index (χ1v) is 8.50. The molecule has 0 bridgehead atoms. The molecule has 1 aromatic rings. The highest BCUT2D eigenvalue weighted by atomic mass is 28.4. The zero-order valence-electron chi connectivity index (χ0n) is 11.3. The molecule has 114 valence electrons. The molecule has 0 saturated carbocycles. The fraction of sp³-hybridized carbons (Fsp3) is 0.538. The Morgan fingerprint density at radius 2 is 1.55 bits per heavy atom. The second-order valence-corrected chi connectivity index (χ2v) is 7.11. The first-order valence-electron chi connectivity index (χ1n) is 6.49. The Bertz CT molecular complexity index is 441. The van der Waals surface area contributed by atoms with Crippen LogP contribution < -0.4 is 0 Å². The van der Waals surface area contributed by atoms with Crippen molar-refractivity contribution in [2.45, 2.75) is 38.1 Å². The lowest BCUT2D eigenvalue weighted by molar-refractivity contribution is 0.183. The van der Waals surface area contributed by atoms with Crippen molar-refractivity contribution < 1.29 is 27.2 Å². The van der Waals surface area contributed by atoms with Crippen molar-refractivity contribution >= 4 is 8.80 Å². The van der Waals surface area contributed by atoms with Gasteiger partial charge in [0.1, 0.15) is 5.82 Å². The Balaban J connectivity index is 2.27. The molecule has 0 aliphatic heterocycles. The standard InChI is InChI=1S/C13H19F3O3Si/c1-19-20(17,18)7-5-3-2-4-6-10-8-12(15)13(16)9-11(10)14/h8-9,17-18H,2-7H2,1H3. The topological polar surface area (TPSA) is 49.7 Å². The molecule has 0 amide bonds. The minimum atomic E-state index is -3.48. The highest BCUT2D eigenvalue weighted by Crippen LogP contribution is 2.17.